The van der Waals surface area contributed by atoms with Gasteiger partial charge in [0.25, 0.3) is 0 Å². The van der Waals surface area contributed by atoms with Crippen LogP contribution in [0.5, 0.6) is 5.75 Å². The van der Waals surface area contributed by atoms with Crippen LogP contribution in [-0.2, 0) is 30.6 Å². The highest BCUT2D eigenvalue weighted by Gasteiger charge is 2.27. The van der Waals surface area contributed by atoms with Gasteiger partial charge in [-0.1, -0.05) is 43.3 Å². The number of nitrogens with one attached hydrogen (secondary N) is 2. The smallest absolute Gasteiger partial charge is 0.227 e. The van der Waals surface area contributed by atoms with Crippen LogP contribution in [0.4, 0.5) is 8.78 Å². The minimum atomic E-state index is -0.985. The van der Waals surface area contributed by atoms with Gasteiger partial charge in [-0.25, -0.2) is 8.78 Å². The SMILES string of the molecule is CCc1cccc(CNCC(O)C(Cc2cc(F)cc(F)c2)NC(=O)C(C)c2ccc3c(c2)CC(C)O3)c1. The third-order valence-electron chi connectivity index (χ3n) is 7.07. The van der Waals surface area contributed by atoms with Crippen molar-refractivity contribution in [3.05, 3.63) is 100 Å². The maximum atomic E-state index is 13.9. The third kappa shape index (κ3) is 7.17. The van der Waals surface area contributed by atoms with E-state index in [1.807, 2.05) is 37.3 Å². The van der Waals surface area contributed by atoms with Crippen LogP contribution in [0, 0.1) is 11.6 Å². The number of carbonyl (C=O) groups excluding carboxylic acids is 1. The molecular formula is C31H36F2N2O3. The molecule has 1 aliphatic heterocycles. The van der Waals surface area contributed by atoms with E-state index in [1.165, 1.54) is 17.7 Å². The molecule has 0 saturated carbocycles. The Kier molecular flexibility index (Phi) is 9.13. The summed E-state index contributed by atoms with van der Waals surface area (Å²) in [5.41, 5.74) is 4.59. The summed E-state index contributed by atoms with van der Waals surface area (Å²) in [6.07, 6.45) is 0.922. The molecule has 0 aromatic heterocycles. The van der Waals surface area contributed by atoms with Gasteiger partial charge in [0.15, 0.2) is 0 Å². The minimum absolute atomic E-state index is 0.0802. The summed E-state index contributed by atoms with van der Waals surface area (Å²) < 4.78 is 33.5. The van der Waals surface area contributed by atoms with Crippen LogP contribution in [0.3, 0.4) is 0 Å². The number of ether oxygens (including phenoxy) is 1. The fourth-order valence-corrected chi connectivity index (χ4v) is 4.90. The number of aliphatic hydroxyl groups is 1. The van der Waals surface area contributed by atoms with E-state index in [2.05, 4.69) is 29.7 Å². The zero-order valence-corrected chi connectivity index (χ0v) is 22.1. The maximum Gasteiger partial charge on any atom is 0.227 e. The summed E-state index contributed by atoms with van der Waals surface area (Å²) in [4.78, 5) is 13.3. The Labute approximate surface area is 223 Å². The van der Waals surface area contributed by atoms with E-state index in [1.54, 1.807) is 6.92 Å². The first-order chi connectivity index (χ1) is 18.2. The largest absolute Gasteiger partial charge is 0.490 e. The number of fused-ring (bicyclic) bond motifs is 1. The molecule has 0 aliphatic carbocycles. The average molecular weight is 523 g/mol. The Morgan fingerprint density at radius 1 is 1.05 bits per heavy atom. The summed E-state index contributed by atoms with van der Waals surface area (Å²) in [5, 5.41) is 17.2. The standard InChI is InChI=1S/C31H36F2N2O3/c1-4-21-6-5-7-22(11-21)17-34-18-29(36)28(14-23-12-26(32)16-27(33)13-23)35-31(37)20(3)24-8-9-30-25(15-24)10-19(2)38-30/h5-9,11-13,15-16,19-20,28-29,34,36H,4,10,14,17-18H2,1-3H3,(H,35,37). The van der Waals surface area contributed by atoms with Crippen molar-refractivity contribution in [1.29, 1.82) is 0 Å². The molecule has 3 N–H and O–H groups in total. The predicted octanol–water partition coefficient (Wildman–Crippen LogP) is 4.83. The third-order valence-corrected chi connectivity index (χ3v) is 7.07. The van der Waals surface area contributed by atoms with Crippen molar-refractivity contribution in [3.8, 4) is 5.75 Å². The molecule has 3 aromatic carbocycles. The summed E-state index contributed by atoms with van der Waals surface area (Å²) in [6, 6.07) is 16.4. The van der Waals surface area contributed by atoms with Gasteiger partial charge in [0.1, 0.15) is 23.5 Å². The van der Waals surface area contributed by atoms with Crippen LogP contribution in [0.15, 0.2) is 60.7 Å². The number of rotatable bonds is 11. The van der Waals surface area contributed by atoms with Crippen molar-refractivity contribution in [2.24, 2.45) is 0 Å². The Morgan fingerprint density at radius 3 is 2.53 bits per heavy atom. The summed E-state index contributed by atoms with van der Waals surface area (Å²) >= 11 is 0. The second-order valence-electron chi connectivity index (χ2n) is 10.2. The molecule has 7 heteroatoms. The van der Waals surface area contributed by atoms with Crippen LogP contribution in [0.25, 0.3) is 0 Å². The number of aryl methyl sites for hydroxylation is 1. The number of halogens is 2. The molecule has 0 bridgehead atoms. The zero-order valence-electron chi connectivity index (χ0n) is 22.1. The number of hydrogen-bond acceptors (Lipinski definition) is 4. The van der Waals surface area contributed by atoms with Crippen molar-refractivity contribution in [2.45, 2.75) is 70.7 Å². The topological polar surface area (TPSA) is 70.6 Å². The van der Waals surface area contributed by atoms with Gasteiger partial charge in [0.05, 0.1) is 18.1 Å². The van der Waals surface area contributed by atoms with Crippen molar-refractivity contribution in [3.63, 3.8) is 0 Å². The molecule has 0 spiro atoms. The monoisotopic (exact) mass is 522 g/mol. The van der Waals surface area contributed by atoms with Crippen LogP contribution in [0.1, 0.15) is 54.5 Å². The summed E-state index contributed by atoms with van der Waals surface area (Å²) in [7, 11) is 0. The Morgan fingerprint density at radius 2 is 1.79 bits per heavy atom. The molecule has 4 rings (SSSR count). The lowest BCUT2D eigenvalue weighted by Crippen LogP contribution is -2.49. The van der Waals surface area contributed by atoms with Crippen molar-refractivity contribution >= 4 is 5.91 Å². The molecule has 1 amide bonds. The normalized spacial score (nSPS) is 16.8. The average Bonchev–Trinajstić information content (AvgIpc) is 3.26. The molecule has 0 saturated heterocycles. The molecule has 1 aliphatic rings. The highest BCUT2D eigenvalue weighted by atomic mass is 19.1. The summed E-state index contributed by atoms with van der Waals surface area (Å²) in [5.74, 6) is -1.31. The van der Waals surface area contributed by atoms with Crippen LogP contribution >= 0.6 is 0 Å². The van der Waals surface area contributed by atoms with Gasteiger partial charge >= 0.3 is 0 Å². The second-order valence-corrected chi connectivity index (χ2v) is 10.2. The van der Waals surface area contributed by atoms with Gasteiger partial charge in [0.2, 0.25) is 5.91 Å². The number of amides is 1. The number of carbonyl (C=O) groups is 1. The second kappa shape index (κ2) is 12.5. The molecule has 202 valence electrons. The van der Waals surface area contributed by atoms with E-state index in [4.69, 9.17) is 4.74 Å². The van der Waals surface area contributed by atoms with E-state index in [9.17, 15) is 18.7 Å². The highest BCUT2D eigenvalue weighted by molar-refractivity contribution is 5.83. The lowest BCUT2D eigenvalue weighted by molar-refractivity contribution is -0.123. The molecule has 0 radical (unpaired) electrons. The van der Waals surface area contributed by atoms with Crippen LogP contribution in [0.2, 0.25) is 0 Å². The molecular weight excluding hydrogens is 486 g/mol. The molecule has 4 atom stereocenters. The maximum absolute atomic E-state index is 13.9. The zero-order chi connectivity index (χ0) is 27.2. The fourth-order valence-electron chi connectivity index (χ4n) is 4.90. The first kappa shape index (κ1) is 27.7. The van der Waals surface area contributed by atoms with Gasteiger partial charge in [-0.05, 0) is 72.7 Å². The highest BCUT2D eigenvalue weighted by Crippen LogP contribution is 2.31. The lowest BCUT2D eigenvalue weighted by Gasteiger charge is -2.26. The summed E-state index contributed by atoms with van der Waals surface area (Å²) in [6.45, 7) is 6.65. The molecule has 1 heterocycles. The predicted molar refractivity (Wildman–Crippen MR) is 144 cm³/mol. The molecule has 38 heavy (non-hydrogen) atoms. The lowest BCUT2D eigenvalue weighted by atomic mass is 9.95. The van der Waals surface area contributed by atoms with Gasteiger partial charge in [-0.2, -0.15) is 0 Å². The Balaban J connectivity index is 1.45. The van der Waals surface area contributed by atoms with E-state index in [-0.39, 0.29) is 25.0 Å². The van der Waals surface area contributed by atoms with E-state index in [0.29, 0.717) is 12.1 Å². The van der Waals surface area contributed by atoms with Crippen LogP contribution < -0.4 is 15.4 Å². The minimum Gasteiger partial charge on any atom is -0.490 e. The Hall–Kier alpha value is -3.29. The first-order valence-corrected chi connectivity index (χ1v) is 13.2. The van der Waals surface area contributed by atoms with Crippen molar-refractivity contribution < 1.29 is 23.4 Å². The Bertz CT molecular complexity index is 1250. The van der Waals surface area contributed by atoms with Crippen LogP contribution in [-0.4, -0.2) is 35.8 Å². The molecule has 3 aromatic rings. The van der Waals surface area contributed by atoms with E-state index in [0.717, 1.165) is 41.3 Å². The molecule has 0 fully saturated rings. The van der Waals surface area contributed by atoms with Gasteiger partial charge in [-0.3, -0.25) is 4.79 Å². The molecule has 5 nitrogen and oxygen atoms in total. The number of benzene rings is 3. The van der Waals surface area contributed by atoms with Gasteiger partial charge in [-0.15, -0.1) is 0 Å². The first-order valence-electron chi connectivity index (χ1n) is 13.2. The quantitative estimate of drug-likeness (QED) is 0.337. The molecule has 4 unspecified atom stereocenters. The van der Waals surface area contributed by atoms with E-state index >= 15 is 0 Å². The van der Waals surface area contributed by atoms with Gasteiger partial charge in [0, 0.05) is 25.6 Å². The van der Waals surface area contributed by atoms with Crippen molar-refractivity contribution in [2.75, 3.05) is 6.54 Å². The van der Waals surface area contributed by atoms with Gasteiger partial charge < -0.3 is 20.5 Å². The fraction of sp³-hybridized carbons (Fsp3) is 0.387. The van der Waals surface area contributed by atoms with E-state index < -0.39 is 29.7 Å². The van der Waals surface area contributed by atoms with Crippen molar-refractivity contribution in [1.82, 2.24) is 10.6 Å². The number of aliphatic hydroxyl groups excluding tert-OH is 1. The number of hydrogen-bond donors (Lipinski definition) is 3.